The zero-order valence-corrected chi connectivity index (χ0v) is 15.9. The third-order valence-electron chi connectivity index (χ3n) is 4.15. The number of methoxy groups -OCH3 is 2. The van der Waals surface area contributed by atoms with Crippen molar-refractivity contribution in [2.75, 3.05) is 32.7 Å². The van der Waals surface area contributed by atoms with Crippen LogP contribution in [0, 0.1) is 0 Å². The normalized spacial score (nSPS) is 10.3. The van der Waals surface area contributed by atoms with Gasteiger partial charge in [0.05, 0.1) is 14.2 Å². The lowest BCUT2D eigenvalue weighted by Gasteiger charge is -2.18. The smallest absolute Gasteiger partial charge is 0.251 e. The van der Waals surface area contributed by atoms with Gasteiger partial charge in [0, 0.05) is 31.9 Å². The Morgan fingerprint density at radius 3 is 2.62 bits per heavy atom. The van der Waals surface area contributed by atoms with Crippen LogP contribution in [0.25, 0.3) is 0 Å². The standard InChI is InChI=1S/C20H27N3O3/c1-5-6-11-23(2)19-13-16(9-10-21-19)20(24)22-14-15-7-8-17(25-3)18(12-15)26-4/h7-10,12-13H,5-6,11,14H2,1-4H3,(H,22,24). The Hall–Kier alpha value is -2.76. The van der Waals surface area contributed by atoms with Gasteiger partial charge in [-0.3, -0.25) is 4.79 Å². The largest absolute Gasteiger partial charge is 0.493 e. The first-order valence-electron chi connectivity index (χ1n) is 8.75. The molecule has 0 unspecified atom stereocenters. The molecule has 0 aliphatic rings. The molecule has 0 atom stereocenters. The minimum atomic E-state index is -0.132. The van der Waals surface area contributed by atoms with E-state index in [9.17, 15) is 4.79 Å². The van der Waals surface area contributed by atoms with E-state index in [0.717, 1.165) is 30.8 Å². The summed E-state index contributed by atoms with van der Waals surface area (Å²) < 4.78 is 10.5. The first-order chi connectivity index (χ1) is 12.6. The van der Waals surface area contributed by atoms with Crippen molar-refractivity contribution in [1.82, 2.24) is 10.3 Å². The number of carbonyl (C=O) groups excluding carboxylic acids is 1. The molecule has 2 rings (SSSR count). The first-order valence-corrected chi connectivity index (χ1v) is 8.75. The summed E-state index contributed by atoms with van der Waals surface area (Å²) in [4.78, 5) is 18.9. The van der Waals surface area contributed by atoms with Crippen molar-refractivity contribution in [2.45, 2.75) is 26.3 Å². The molecule has 0 bridgehead atoms. The van der Waals surface area contributed by atoms with Crippen molar-refractivity contribution in [1.29, 1.82) is 0 Å². The molecule has 1 aromatic heterocycles. The predicted octanol–water partition coefficient (Wildman–Crippen LogP) is 3.27. The van der Waals surface area contributed by atoms with Crippen LogP contribution >= 0.6 is 0 Å². The van der Waals surface area contributed by atoms with Gasteiger partial charge >= 0.3 is 0 Å². The van der Waals surface area contributed by atoms with Gasteiger partial charge in [-0.1, -0.05) is 19.4 Å². The fourth-order valence-electron chi connectivity index (χ4n) is 2.55. The Morgan fingerprint density at radius 1 is 1.15 bits per heavy atom. The highest BCUT2D eigenvalue weighted by molar-refractivity contribution is 5.94. The zero-order valence-electron chi connectivity index (χ0n) is 15.9. The summed E-state index contributed by atoms with van der Waals surface area (Å²) in [7, 11) is 5.18. The summed E-state index contributed by atoms with van der Waals surface area (Å²) in [5.74, 6) is 1.98. The highest BCUT2D eigenvalue weighted by Gasteiger charge is 2.10. The molecule has 2 aromatic rings. The van der Waals surface area contributed by atoms with E-state index in [0.29, 0.717) is 23.6 Å². The molecule has 0 aliphatic carbocycles. The molecular weight excluding hydrogens is 330 g/mol. The van der Waals surface area contributed by atoms with Crippen LogP contribution in [0.2, 0.25) is 0 Å². The number of nitrogens with one attached hydrogen (secondary N) is 1. The molecule has 0 radical (unpaired) electrons. The molecule has 26 heavy (non-hydrogen) atoms. The van der Waals surface area contributed by atoms with E-state index in [1.54, 1.807) is 26.5 Å². The summed E-state index contributed by atoms with van der Waals surface area (Å²) in [6.45, 7) is 3.47. The van der Waals surface area contributed by atoms with Crippen LogP contribution in [-0.2, 0) is 6.54 Å². The molecule has 1 heterocycles. The summed E-state index contributed by atoms with van der Waals surface area (Å²) in [6.07, 6.45) is 3.88. The van der Waals surface area contributed by atoms with E-state index in [-0.39, 0.29) is 5.91 Å². The molecule has 0 spiro atoms. The van der Waals surface area contributed by atoms with Gasteiger partial charge in [0.1, 0.15) is 5.82 Å². The fourth-order valence-corrected chi connectivity index (χ4v) is 2.55. The Labute approximate surface area is 155 Å². The topological polar surface area (TPSA) is 63.7 Å². The molecule has 1 amide bonds. The zero-order chi connectivity index (χ0) is 18.9. The Balaban J connectivity index is 2.02. The molecule has 0 saturated heterocycles. The molecular formula is C20H27N3O3. The molecule has 6 heteroatoms. The number of unbranched alkanes of at least 4 members (excludes halogenated alkanes) is 1. The molecule has 0 aliphatic heterocycles. The van der Waals surface area contributed by atoms with Crippen molar-refractivity contribution in [2.24, 2.45) is 0 Å². The number of carbonyl (C=O) groups is 1. The molecule has 0 saturated carbocycles. The minimum Gasteiger partial charge on any atom is -0.493 e. The lowest BCUT2D eigenvalue weighted by atomic mass is 10.2. The van der Waals surface area contributed by atoms with Crippen LogP contribution in [0.5, 0.6) is 11.5 Å². The number of hydrogen-bond donors (Lipinski definition) is 1. The highest BCUT2D eigenvalue weighted by Crippen LogP contribution is 2.27. The van der Waals surface area contributed by atoms with Crippen LogP contribution in [0.4, 0.5) is 5.82 Å². The van der Waals surface area contributed by atoms with Gasteiger partial charge in [0.25, 0.3) is 5.91 Å². The third kappa shape index (κ3) is 5.12. The number of benzene rings is 1. The van der Waals surface area contributed by atoms with Gasteiger partial charge in [0.2, 0.25) is 0 Å². The van der Waals surface area contributed by atoms with Gasteiger partial charge in [-0.25, -0.2) is 4.98 Å². The Morgan fingerprint density at radius 2 is 1.92 bits per heavy atom. The van der Waals surface area contributed by atoms with E-state index in [1.807, 2.05) is 31.3 Å². The van der Waals surface area contributed by atoms with Crippen LogP contribution in [-0.4, -0.2) is 38.7 Å². The van der Waals surface area contributed by atoms with Gasteiger partial charge in [-0.15, -0.1) is 0 Å². The van der Waals surface area contributed by atoms with Crippen molar-refractivity contribution in [3.8, 4) is 11.5 Å². The second-order valence-corrected chi connectivity index (χ2v) is 6.05. The number of nitrogens with zero attached hydrogens (tertiary/aromatic N) is 2. The number of rotatable bonds is 9. The van der Waals surface area contributed by atoms with Crippen molar-refractivity contribution in [3.05, 3.63) is 47.7 Å². The summed E-state index contributed by atoms with van der Waals surface area (Å²) >= 11 is 0. The van der Waals surface area contributed by atoms with E-state index in [4.69, 9.17) is 9.47 Å². The lowest BCUT2D eigenvalue weighted by Crippen LogP contribution is -2.24. The van der Waals surface area contributed by atoms with Gasteiger partial charge in [-0.2, -0.15) is 0 Å². The van der Waals surface area contributed by atoms with Gasteiger partial charge in [0.15, 0.2) is 11.5 Å². The monoisotopic (exact) mass is 357 g/mol. The SMILES string of the molecule is CCCCN(C)c1cc(C(=O)NCc2ccc(OC)c(OC)c2)ccn1. The predicted molar refractivity (Wildman–Crippen MR) is 103 cm³/mol. The van der Waals surface area contributed by atoms with Crippen LogP contribution in [0.1, 0.15) is 35.7 Å². The lowest BCUT2D eigenvalue weighted by molar-refractivity contribution is 0.0951. The second kappa shape index (κ2) is 9.65. The third-order valence-corrected chi connectivity index (χ3v) is 4.15. The number of anilines is 1. The molecule has 0 fully saturated rings. The highest BCUT2D eigenvalue weighted by atomic mass is 16.5. The number of pyridine rings is 1. The van der Waals surface area contributed by atoms with Crippen LogP contribution in [0.15, 0.2) is 36.5 Å². The molecule has 6 nitrogen and oxygen atoms in total. The van der Waals surface area contributed by atoms with Crippen molar-refractivity contribution >= 4 is 11.7 Å². The number of ether oxygens (including phenoxy) is 2. The first kappa shape index (κ1) is 19.6. The molecule has 1 aromatic carbocycles. The average molecular weight is 357 g/mol. The van der Waals surface area contributed by atoms with Gasteiger partial charge in [-0.05, 0) is 36.2 Å². The van der Waals surface area contributed by atoms with Crippen LogP contribution in [0.3, 0.4) is 0 Å². The summed E-state index contributed by atoms with van der Waals surface area (Å²) in [5, 5.41) is 2.93. The fraction of sp³-hybridized carbons (Fsp3) is 0.400. The van der Waals surface area contributed by atoms with E-state index >= 15 is 0 Å². The Kier molecular flexibility index (Phi) is 7.26. The molecule has 140 valence electrons. The maximum atomic E-state index is 12.5. The number of hydrogen-bond acceptors (Lipinski definition) is 5. The summed E-state index contributed by atoms with van der Waals surface area (Å²) in [5.41, 5.74) is 1.53. The molecule has 1 N–H and O–H groups in total. The van der Waals surface area contributed by atoms with E-state index in [2.05, 4.69) is 22.1 Å². The second-order valence-electron chi connectivity index (χ2n) is 6.05. The Bertz CT molecular complexity index is 734. The number of aromatic nitrogens is 1. The van der Waals surface area contributed by atoms with Gasteiger partial charge < -0.3 is 19.7 Å². The van der Waals surface area contributed by atoms with Crippen molar-refractivity contribution in [3.63, 3.8) is 0 Å². The van der Waals surface area contributed by atoms with E-state index in [1.165, 1.54) is 0 Å². The van der Waals surface area contributed by atoms with Crippen LogP contribution < -0.4 is 19.7 Å². The minimum absolute atomic E-state index is 0.132. The number of amides is 1. The van der Waals surface area contributed by atoms with E-state index < -0.39 is 0 Å². The maximum absolute atomic E-state index is 12.5. The quantitative estimate of drug-likeness (QED) is 0.746. The average Bonchev–Trinajstić information content (AvgIpc) is 2.69. The van der Waals surface area contributed by atoms with Crippen molar-refractivity contribution < 1.29 is 14.3 Å². The summed E-state index contributed by atoms with van der Waals surface area (Å²) in [6, 6.07) is 9.13. The maximum Gasteiger partial charge on any atom is 0.251 e.